The third kappa shape index (κ3) is 1.78. The Bertz CT molecular complexity index is 648. The molecule has 0 saturated heterocycles. The van der Waals surface area contributed by atoms with E-state index in [4.69, 9.17) is 4.74 Å². The van der Waals surface area contributed by atoms with Crippen molar-refractivity contribution in [3.63, 3.8) is 0 Å². The maximum atomic E-state index is 10.4. The number of aliphatic hydroxyl groups is 1. The van der Waals surface area contributed by atoms with Crippen molar-refractivity contribution >= 4 is 5.57 Å². The van der Waals surface area contributed by atoms with Crippen molar-refractivity contribution in [3.8, 4) is 11.5 Å². The molecule has 0 amide bonds. The molecule has 3 heteroatoms. The molecule has 4 atom stereocenters. The van der Waals surface area contributed by atoms with Crippen LogP contribution in [-0.2, 0) is 6.42 Å². The van der Waals surface area contributed by atoms with Gasteiger partial charge in [0.05, 0.1) is 13.2 Å². The number of phenolic OH excluding ortho intramolecular Hbond substituents is 1. The van der Waals surface area contributed by atoms with E-state index in [0.29, 0.717) is 17.6 Å². The monoisotopic (exact) mass is 300 g/mol. The molecule has 1 saturated carbocycles. The molecular formula is C19H24O3. The highest BCUT2D eigenvalue weighted by Gasteiger charge is 2.51. The number of allylic oxidation sites excluding steroid dienone is 2. The van der Waals surface area contributed by atoms with Gasteiger partial charge in [0.2, 0.25) is 0 Å². The lowest BCUT2D eigenvalue weighted by Crippen LogP contribution is -2.40. The maximum Gasteiger partial charge on any atom is 0.161 e. The largest absolute Gasteiger partial charge is 0.504 e. The molecule has 0 heterocycles. The van der Waals surface area contributed by atoms with E-state index in [2.05, 4.69) is 13.0 Å². The molecule has 0 aromatic heterocycles. The van der Waals surface area contributed by atoms with Gasteiger partial charge in [-0.15, -0.1) is 0 Å². The predicted molar refractivity (Wildman–Crippen MR) is 85.9 cm³/mol. The van der Waals surface area contributed by atoms with E-state index < -0.39 is 0 Å². The quantitative estimate of drug-likeness (QED) is 0.834. The van der Waals surface area contributed by atoms with Gasteiger partial charge in [-0.05, 0) is 72.8 Å². The van der Waals surface area contributed by atoms with Gasteiger partial charge in [-0.25, -0.2) is 0 Å². The first-order valence-electron chi connectivity index (χ1n) is 8.33. The Morgan fingerprint density at radius 1 is 1.23 bits per heavy atom. The smallest absolute Gasteiger partial charge is 0.161 e. The van der Waals surface area contributed by atoms with E-state index >= 15 is 0 Å². The van der Waals surface area contributed by atoms with Gasteiger partial charge >= 0.3 is 0 Å². The topological polar surface area (TPSA) is 49.7 Å². The second-order valence-electron chi connectivity index (χ2n) is 7.40. The van der Waals surface area contributed by atoms with Crippen LogP contribution in [0.3, 0.4) is 0 Å². The third-order valence-corrected chi connectivity index (χ3v) is 6.45. The average molecular weight is 300 g/mol. The summed E-state index contributed by atoms with van der Waals surface area (Å²) in [7, 11) is 1.60. The van der Waals surface area contributed by atoms with E-state index in [1.807, 2.05) is 12.1 Å². The minimum Gasteiger partial charge on any atom is -0.504 e. The fourth-order valence-corrected chi connectivity index (χ4v) is 5.12. The Balaban J connectivity index is 1.80. The van der Waals surface area contributed by atoms with Gasteiger partial charge in [0.25, 0.3) is 0 Å². The molecule has 0 radical (unpaired) electrons. The zero-order valence-corrected chi connectivity index (χ0v) is 13.3. The van der Waals surface area contributed by atoms with Gasteiger partial charge in [0.15, 0.2) is 11.5 Å². The van der Waals surface area contributed by atoms with Crippen LogP contribution in [0, 0.1) is 17.3 Å². The number of hydrogen-bond acceptors (Lipinski definition) is 3. The van der Waals surface area contributed by atoms with E-state index in [9.17, 15) is 10.2 Å². The van der Waals surface area contributed by atoms with Crippen LogP contribution < -0.4 is 4.74 Å². The van der Waals surface area contributed by atoms with Crippen LogP contribution in [0.5, 0.6) is 11.5 Å². The van der Waals surface area contributed by atoms with Crippen molar-refractivity contribution in [2.45, 2.75) is 45.1 Å². The zero-order valence-electron chi connectivity index (χ0n) is 13.3. The predicted octanol–water partition coefficient (Wildman–Crippen LogP) is 3.53. The molecule has 118 valence electrons. The Kier molecular flexibility index (Phi) is 3.06. The summed E-state index contributed by atoms with van der Waals surface area (Å²) in [5.41, 5.74) is 3.93. The maximum absolute atomic E-state index is 10.4. The average Bonchev–Trinajstić information content (AvgIpc) is 2.82. The number of rotatable bonds is 1. The van der Waals surface area contributed by atoms with Crippen molar-refractivity contribution in [1.82, 2.24) is 0 Å². The third-order valence-electron chi connectivity index (χ3n) is 6.45. The highest BCUT2D eigenvalue weighted by molar-refractivity contribution is 5.75. The lowest BCUT2D eigenvalue weighted by Gasteiger charge is -2.45. The van der Waals surface area contributed by atoms with E-state index in [1.54, 1.807) is 7.11 Å². The van der Waals surface area contributed by atoms with Gasteiger partial charge in [0.1, 0.15) is 0 Å². The first-order chi connectivity index (χ1) is 10.5. The highest BCUT2D eigenvalue weighted by Crippen LogP contribution is 2.58. The summed E-state index contributed by atoms with van der Waals surface area (Å²) in [6, 6.07) is 3.86. The van der Waals surface area contributed by atoms with Crippen molar-refractivity contribution in [3.05, 3.63) is 29.3 Å². The van der Waals surface area contributed by atoms with E-state index in [1.165, 1.54) is 16.7 Å². The lowest BCUT2D eigenvalue weighted by atomic mass is 9.60. The molecule has 1 fully saturated rings. The lowest BCUT2D eigenvalue weighted by molar-refractivity contribution is 0.0251. The molecule has 1 aromatic rings. The summed E-state index contributed by atoms with van der Waals surface area (Å²) in [5, 5.41) is 20.4. The zero-order chi connectivity index (χ0) is 15.5. The number of ether oxygens (including phenoxy) is 1. The van der Waals surface area contributed by atoms with Gasteiger partial charge in [-0.3, -0.25) is 0 Å². The molecular weight excluding hydrogens is 276 g/mol. The molecule has 2 N–H and O–H groups in total. The molecule has 3 nitrogen and oxygen atoms in total. The minimum atomic E-state index is -0.161. The molecule has 0 bridgehead atoms. The standard InChI is InChI=1S/C19H24O3/c1-19-8-7-12-13(15(19)5-6-18(19)21)4-3-11-9-16(20)17(22-2)10-14(11)12/h7,9-10,13,15,18,20-21H,3-6,8H2,1-2H3/t13?,15?,18-,19?/m0/s1. The molecule has 3 aliphatic rings. The van der Waals surface area contributed by atoms with Crippen LogP contribution in [0.1, 0.15) is 43.7 Å². The number of aromatic hydroxyl groups is 1. The second kappa shape index (κ2) is 4.76. The summed E-state index contributed by atoms with van der Waals surface area (Å²) < 4.78 is 5.30. The Hall–Kier alpha value is -1.48. The summed E-state index contributed by atoms with van der Waals surface area (Å²) in [6.45, 7) is 2.26. The first-order valence-corrected chi connectivity index (χ1v) is 8.33. The van der Waals surface area contributed by atoms with Gasteiger partial charge in [-0.1, -0.05) is 13.0 Å². The normalized spacial score (nSPS) is 36.1. The van der Waals surface area contributed by atoms with Crippen molar-refractivity contribution in [2.24, 2.45) is 17.3 Å². The summed E-state index contributed by atoms with van der Waals surface area (Å²) >= 11 is 0. The second-order valence-corrected chi connectivity index (χ2v) is 7.40. The fraction of sp³-hybridized carbons (Fsp3) is 0.579. The van der Waals surface area contributed by atoms with Crippen LogP contribution in [0.15, 0.2) is 18.2 Å². The van der Waals surface area contributed by atoms with Crippen LogP contribution in [0.4, 0.5) is 0 Å². The van der Waals surface area contributed by atoms with Crippen molar-refractivity contribution in [2.75, 3.05) is 7.11 Å². The van der Waals surface area contributed by atoms with Gasteiger partial charge in [-0.2, -0.15) is 0 Å². The van der Waals surface area contributed by atoms with Crippen LogP contribution in [-0.4, -0.2) is 23.4 Å². The van der Waals surface area contributed by atoms with E-state index in [0.717, 1.165) is 32.1 Å². The Labute approximate surface area is 131 Å². The fourth-order valence-electron chi connectivity index (χ4n) is 5.12. The van der Waals surface area contributed by atoms with E-state index in [-0.39, 0.29) is 17.3 Å². The molecule has 22 heavy (non-hydrogen) atoms. The van der Waals surface area contributed by atoms with Gasteiger partial charge < -0.3 is 14.9 Å². The Morgan fingerprint density at radius 2 is 2.05 bits per heavy atom. The summed E-state index contributed by atoms with van der Waals surface area (Å²) in [6.07, 6.45) is 7.31. The van der Waals surface area contributed by atoms with Crippen LogP contribution in [0.2, 0.25) is 0 Å². The molecule has 1 aromatic carbocycles. The number of hydrogen-bond donors (Lipinski definition) is 2. The highest BCUT2D eigenvalue weighted by atomic mass is 16.5. The number of aliphatic hydroxyl groups excluding tert-OH is 1. The number of fused-ring (bicyclic) bond motifs is 5. The molecule has 3 unspecified atom stereocenters. The molecule has 0 aliphatic heterocycles. The SMILES string of the molecule is COc1cc2c(cc1O)CCC1C2=CCC2(C)C1CC[C@@H]2O. The Morgan fingerprint density at radius 3 is 2.82 bits per heavy atom. The number of phenols is 1. The van der Waals surface area contributed by atoms with Crippen LogP contribution >= 0.6 is 0 Å². The molecule has 3 aliphatic carbocycles. The number of methoxy groups -OCH3 is 1. The number of benzene rings is 1. The summed E-state index contributed by atoms with van der Waals surface area (Å²) in [5.74, 6) is 1.91. The van der Waals surface area contributed by atoms with Gasteiger partial charge in [0, 0.05) is 5.41 Å². The molecule has 4 rings (SSSR count). The molecule has 0 spiro atoms. The number of aryl methyl sites for hydroxylation is 1. The minimum absolute atomic E-state index is 0.0483. The first kappa shape index (κ1) is 14.1. The van der Waals surface area contributed by atoms with Crippen molar-refractivity contribution < 1.29 is 14.9 Å². The summed E-state index contributed by atoms with van der Waals surface area (Å²) in [4.78, 5) is 0. The van der Waals surface area contributed by atoms with Crippen molar-refractivity contribution in [1.29, 1.82) is 0 Å². The van der Waals surface area contributed by atoms with Crippen LogP contribution in [0.25, 0.3) is 5.57 Å².